The molecule has 0 saturated carbocycles. The average molecular weight is 815 g/mol. The molecule has 0 amide bonds. The highest BCUT2D eigenvalue weighted by atomic mass is 16.6. The Hall–Kier alpha value is -4.19. The molecule has 0 heterocycles. The second-order valence-corrected chi connectivity index (χ2v) is 14.5. The molecule has 0 aromatic rings. The van der Waals surface area contributed by atoms with Crippen LogP contribution in [0.4, 0.5) is 0 Å². The Bertz CT molecular complexity index is 1300. The van der Waals surface area contributed by atoms with Crippen LogP contribution in [0.1, 0.15) is 175 Å². The molecule has 59 heavy (non-hydrogen) atoms. The Kier molecular flexibility index (Phi) is 43.2. The lowest BCUT2D eigenvalue weighted by molar-refractivity contribution is -0.167. The van der Waals surface area contributed by atoms with Gasteiger partial charge in [0.15, 0.2) is 6.10 Å². The van der Waals surface area contributed by atoms with E-state index in [1.807, 2.05) is 0 Å². The van der Waals surface area contributed by atoms with Gasteiger partial charge in [-0.05, 0) is 109 Å². The molecule has 0 bridgehead atoms. The molecular weight excluding hydrogens is 733 g/mol. The Balaban J connectivity index is 4.48. The normalized spacial score (nSPS) is 13.2. The third kappa shape index (κ3) is 44.8. The summed E-state index contributed by atoms with van der Waals surface area (Å²) in [4.78, 5) is 37.7. The molecule has 0 aromatic heterocycles. The first-order valence-electron chi connectivity index (χ1n) is 23.0. The molecule has 6 heteroatoms. The molecule has 0 rings (SSSR count). The van der Waals surface area contributed by atoms with Crippen LogP contribution in [0.2, 0.25) is 0 Å². The molecule has 0 aliphatic rings. The zero-order chi connectivity index (χ0) is 43.0. The van der Waals surface area contributed by atoms with Crippen molar-refractivity contribution in [3.63, 3.8) is 0 Å². The first kappa shape index (κ1) is 54.8. The van der Waals surface area contributed by atoms with Crippen LogP contribution in [-0.4, -0.2) is 37.2 Å². The summed E-state index contributed by atoms with van der Waals surface area (Å²) in [7, 11) is 0. The van der Waals surface area contributed by atoms with Gasteiger partial charge < -0.3 is 14.2 Å². The fourth-order valence-corrected chi connectivity index (χ4v) is 5.59. The van der Waals surface area contributed by atoms with E-state index >= 15 is 0 Å². The summed E-state index contributed by atoms with van der Waals surface area (Å²) in [6.45, 7) is 6.14. The van der Waals surface area contributed by atoms with Crippen molar-refractivity contribution in [2.45, 2.75) is 181 Å². The van der Waals surface area contributed by atoms with Gasteiger partial charge in [0.1, 0.15) is 13.2 Å². The Morgan fingerprint density at radius 3 is 1.02 bits per heavy atom. The van der Waals surface area contributed by atoms with Crippen LogP contribution in [0.15, 0.2) is 122 Å². The SMILES string of the molecule is CC/C=C\C/C=C\C/C=C\C/C=C\CCCCCCCCC(=O)OCC(COC(=O)CCC/C=C\C/C=C\C/C=C\CC)OC(=O)CCC/C=C\C/C=C\C/C=C\CC. The smallest absolute Gasteiger partial charge is 0.306 e. The van der Waals surface area contributed by atoms with Crippen molar-refractivity contribution in [1.29, 1.82) is 0 Å². The molecule has 0 N–H and O–H groups in total. The standard InChI is InChI=1S/C53H82O6/c1-4-7-10-13-16-19-22-23-24-25-26-27-28-29-32-34-37-40-43-46-52(55)58-49-50(59-53(56)47-44-41-38-35-31-21-18-15-12-9-6-3)48-57-51(54)45-42-39-36-33-30-20-17-14-11-8-5-2/h7-12,16-21,23-24,26-27,33,35-36,38,50H,4-6,13-15,22,25,28-32,34,37,39-49H2,1-3H3/b10-7-,11-8-,12-9-,19-16-,20-17-,21-18-,24-23-,27-26-,36-33-,38-35-. The summed E-state index contributed by atoms with van der Waals surface area (Å²) in [6.07, 6.45) is 63.5. The number of carbonyl (C=O) groups is 3. The van der Waals surface area contributed by atoms with Gasteiger partial charge in [0.25, 0.3) is 0 Å². The summed E-state index contributed by atoms with van der Waals surface area (Å²) in [5.41, 5.74) is 0. The van der Waals surface area contributed by atoms with Crippen LogP contribution in [0, 0.1) is 0 Å². The van der Waals surface area contributed by atoms with Crippen molar-refractivity contribution in [2.24, 2.45) is 0 Å². The van der Waals surface area contributed by atoms with Crippen molar-refractivity contribution >= 4 is 17.9 Å². The monoisotopic (exact) mass is 815 g/mol. The average Bonchev–Trinajstić information content (AvgIpc) is 3.23. The number of rotatable bonds is 39. The summed E-state index contributed by atoms with van der Waals surface area (Å²) in [5.74, 6) is -1.07. The molecular formula is C53H82O6. The predicted molar refractivity (Wildman–Crippen MR) is 251 cm³/mol. The van der Waals surface area contributed by atoms with E-state index in [1.165, 1.54) is 12.8 Å². The van der Waals surface area contributed by atoms with E-state index in [-0.39, 0.29) is 44.0 Å². The number of carbonyl (C=O) groups excluding carboxylic acids is 3. The Morgan fingerprint density at radius 1 is 0.339 bits per heavy atom. The lowest BCUT2D eigenvalue weighted by Crippen LogP contribution is -2.30. The predicted octanol–water partition coefficient (Wildman–Crippen LogP) is 15.0. The number of ether oxygens (including phenoxy) is 3. The molecule has 0 spiro atoms. The number of hydrogen-bond donors (Lipinski definition) is 0. The van der Waals surface area contributed by atoms with Gasteiger partial charge in [0.2, 0.25) is 0 Å². The lowest BCUT2D eigenvalue weighted by Gasteiger charge is -2.18. The number of unbranched alkanes of at least 4 members (excludes halogenated alkanes) is 8. The van der Waals surface area contributed by atoms with E-state index in [0.717, 1.165) is 109 Å². The van der Waals surface area contributed by atoms with Gasteiger partial charge in [-0.25, -0.2) is 0 Å². The maximum Gasteiger partial charge on any atom is 0.306 e. The molecule has 1 atom stereocenters. The van der Waals surface area contributed by atoms with Gasteiger partial charge in [-0.1, -0.05) is 168 Å². The fraction of sp³-hybridized carbons (Fsp3) is 0.566. The van der Waals surface area contributed by atoms with Crippen molar-refractivity contribution in [2.75, 3.05) is 13.2 Å². The molecule has 0 aliphatic heterocycles. The van der Waals surface area contributed by atoms with Crippen LogP contribution in [0.5, 0.6) is 0 Å². The highest BCUT2D eigenvalue weighted by Gasteiger charge is 2.19. The van der Waals surface area contributed by atoms with Crippen LogP contribution in [0.3, 0.4) is 0 Å². The summed E-state index contributed by atoms with van der Waals surface area (Å²) >= 11 is 0. The summed E-state index contributed by atoms with van der Waals surface area (Å²) < 4.78 is 16.6. The summed E-state index contributed by atoms with van der Waals surface area (Å²) in [5, 5.41) is 0. The first-order chi connectivity index (χ1) is 29.0. The Labute approximate surface area is 361 Å². The topological polar surface area (TPSA) is 78.9 Å². The fourth-order valence-electron chi connectivity index (χ4n) is 5.59. The third-order valence-corrected chi connectivity index (χ3v) is 8.94. The van der Waals surface area contributed by atoms with E-state index < -0.39 is 6.10 Å². The minimum atomic E-state index is -0.832. The molecule has 330 valence electrons. The number of esters is 3. The maximum absolute atomic E-state index is 12.7. The van der Waals surface area contributed by atoms with E-state index in [1.54, 1.807) is 0 Å². The van der Waals surface area contributed by atoms with Gasteiger partial charge in [-0.2, -0.15) is 0 Å². The zero-order valence-electron chi connectivity index (χ0n) is 37.5. The van der Waals surface area contributed by atoms with Crippen LogP contribution in [-0.2, 0) is 28.6 Å². The molecule has 6 nitrogen and oxygen atoms in total. The Morgan fingerprint density at radius 2 is 0.627 bits per heavy atom. The molecule has 0 saturated heterocycles. The van der Waals surface area contributed by atoms with Gasteiger partial charge >= 0.3 is 17.9 Å². The van der Waals surface area contributed by atoms with Crippen molar-refractivity contribution < 1.29 is 28.6 Å². The zero-order valence-corrected chi connectivity index (χ0v) is 37.5. The van der Waals surface area contributed by atoms with Gasteiger partial charge in [-0.15, -0.1) is 0 Å². The molecule has 1 unspecified atom stereocenters. The highest BCUT2D eigenvalue weighted by molar-refractivity contribution is 5.71. The molecule has 0 radical (unpaired) electrons. The molecule has 0 aromatic carbocycles. The largest absolute Gasteiger partial charge is 0.462 e. The van der Waals surface area contributed by atoms with Crippen LogP contribution in [0.25, 0.3) is 0 Å². The first-order valence-corrected chi connectivity index (χ1v) is 23.0. The van der Waals surface area contributed by atoms with Gasteiger partial charge in [0, 0.05) is 19.3 Å². The van der Waals surface area contributed by atoms with Crippen LogP contribution < -0.4 is 0 Å². The lowest BCUT2D eigenvalue weighted by atomic mass is 10.1. The number of allylic oxidation sites excluding steroid dienone is 20. The summed E-state index contributed by atoms with van der Waals surface area (Å²) in [6, 6.07) is 0. The minimum absolute atomic E-state index is 0.126. The van der Waals surface area contributed by atoms with E-state index in [0.29, 0.717) is 19.3 Å². The van der Waals surface area contributed by atoms with Crippen molar-refractivity contribution in [3.8, 4) is 0 Å². The maximum atomic E-state index is 12.7. The molecule has 0 aliphatic carbocycles. The minimum Gasteiger partial charge on any atom is -0.462 e. The third-order valence-electron chi connectivity index (χ3n) is 8.94. The number of hydrogen-bond acceptors (Lipinski definition) is 6. The van der Waals surface area contributed by atoms with E-state index in [9.17, 15) is 14.4 Å². The van der Waals surface area contributed by atoms with Crippen molar-refractivity contribution in [1.82, 2.24) is 0 Å². The quantitative estimate of drug-likeness (QED) is 0.0266. The van der Waals surface area contributed by atoms with Gasteiger partial charge in [-0.3, -0.25) is 14.4 Å². The van der Waals surface area contributed by atoms with E-state index in [4.69, 9.17) is 14.2 Å². The second kappa shape index (κ2) is 46.5. The highest BCUT2D eigenvalue weighted by Crippen LogP contribution is 2.11. The van der Waals surface area contributed by atoms with Gasteiger partial charge in [0.05, 0.1) is 0 Å². The van der Waals surface area contributed by atoms with E-state index in [2.05, 4.69) is 142 Å². The van der Waals surface area contributed by atoms with Crippen molar-refractivity contribution in [3.05, 3.63) is 122 Å². The second-order valence-electron chi connectivity index (χ2n) is 14.5. The van der Waals surface area contributed by atoms with Crippen LogP contribution >= 0.6 is 0 Å². The molecule has 0 fully saturated rings.